The van der Waals surface area contributed by atoms with E-state index >= 15 is 0 Å². The Hall–Kier alpha value is -3.67. The fraction of sp³-hybridized carbons (Fsp3) is 0.136. The van der Waals surface area contributed by atoms with Gasteiger partial charge in [0.05, 0.1) is 19.8 Å². The van der Waals surface area contributed by atoms with E-state index in [-0.39, 0.29) is 22.8 Å². The van der Waals surface area contributed by atoms with Gasteiger partial charge in [-0.3, -0.25) is 4.79 Å². The average Bonchev–Trinajstić information content (AvgIpc) is 2.70. The van der Waals surface area contributed by atoms with Gasteiger partial charge in [0.1, 0.15) is 17.2 Å². The molecule has 6 nitrogen and oxygen atoms in total. The molecule has 3 aromatic carbocycles. The van der Waals surface area contributed by atoms with Crippen molar-refractivity contribution in [2.75, 3.05) is 14.2 Å². The number of aromatic hydroxyl groups is 2. The van der Waals surface area contributed by atoms with Crippen LogP contribution in [0.4, 0.5) is 0 Å². The van der Waals surface area contributed by atoms with E-state index in [9.17, 15) is 15.0 Å². The third-order valence-electron chi connectivity index (χ3n) is 4.26. The molecule has 3 aromatic rings. The van der Waals surface area contributed by atoms with E-state index in [0.717, 1.165) is 0 Å². The van der Waals surface area contributed by atoms with Crippen molar-refractivity contribution in [3.05, 3.63) is 54.6 Å². The van der Waals surface area contributed by atoms with Crippen molar-refractivity contribution in [2.45, 2.75) is 6.92 Å². The maximum atomic E-state index is 11.6. The molecule has 2 N–H and O–H groups in total. The van der Waals surface area contributed by atoms with Crippen LogP contribution < -0.4 is 14.2 Å². The summed E-state index contributed by atoms with van der Waals surface area (Å²) >= 11 is 0. The van der Waals surface area contributed by atoms with E-state index in [2.05, 4.69) is 0 Å². The first-order valence-corrected chi connectivity index (χ1v) is 8.50. The fourth-order valence-corrected chi connectivity index (χ4v) is 2.90. The van der Waals surface area contributed by atoms with E-state index in [1.807, 2.05) is 0 Å². The second-order valence-electron chi connectivity index (χ2n) is 6.05. The number of methoxy groups -OCH3 is 2. The zero-order valence-electron chi connectivity index (χ0n) is 15.7. The van der Waals surface area contributed by atoms with E-state index < -0.39 is 5.97 Å². The van der Waals surface area contributed by atoms with Crippen molar-refractivity contribution in [2.24, 2.45) is 0 Å². The first kappa shape index (κ1) is 19.1. The van der Waals surface area contributed by atoms with Gasteiger partial charge in [-0.1, -0.05) is 24.3 Å². The molecule has 0 saturated heterocycles. The summed E-state index contributed by atoms with van der Waals surface area (Å²) in [6.07, 6.45) is 0. The Bertz CT molecular complexity index is 991. The van der Waals surface area contributed by atoms with Crippen LogP contribution in [0.2, 0.25) is 0 Å². The van der Waals surface area contributed by atoms with Crippen LogP contribution in [0.25, 0.3) is 22.3 Å². The molecular formula is C22H20O6. The van der Waals surface area contributed by atoms with Crippen LogP contribution in [0, 0.1) is 0 Å². The van der Waals surface area contributed by atoms with Crippen LogP contribution in [-0.4, -0.2) is 30.4 Å². The number of esters is 1. The summed E-state index contributed by atoms with van der Waals surface area (Å²) in [6, 6.07) is 15.2. The largest absolute Gasteiger partial charge is 0.507 e. The quantitative estimate of drug-likeness (QED) is 0.388. The lowest BCUT2D eigenvalue weighted by molar-refractivity contribution is -0.131. The molecule has 0 aliphatic rings. The number of carbonyl (C=O) groups excluding carboxylic acids is 1. The normalized spacial score (nSPS) is 10.4. The zero-order chi connectivity index (χ0) is 20.3. The molecule has 0 atom stereocenters. The van der Waals surface area contributed by atoms with Crippen LogP contribution in [0.5, 0.6) is 28.7 Å². The SMILES string of the molecule is COc1ccc(-c2cc(O)c(-c3ccc(OC)cc3)c(OC(C)=O)c2O)cc1. The minimum atomic E-state index is -0.614. The molecule has 0 spiro atoms. The third kappa shape index (κ3) is 3.71. The van der Waals surface area contributed by atoms with Gasteiger partial charge in [-0.25, -0.2) is 0 Å². The Labute approximate surface area is 162 Å². The van der Waals surface area contributed by atoms with E-state index in [0.29, 0.717) is 28.2 Å². The molecule has 0 aliphatic carbocycles. The summed E-state index contributed by atoms with van der Waals surface area (Å²) in [5.74, 6) is 0.188. The molecule has 0 amide bonds. The maximum absolute atomic E-state index is 11.6. The Morgan fingerprint density at radius 1 is 0.821 bits per heavy atom. The lowest BCUT2D eigenvalue weighted by Gasteiger charge is -2.17. The smallest absolute Gasteiger partial charge is 0.308 e. The number of ether oxygens (including phenoxy) is 3. The molecule has 6 heteroatoms. The van der Waals surface area contributed by atoms with Gasteiger partial charge in [-0.05, 0) is 41.5 Å². The number of phenolic OH excluding ortho intramolecular Hbond substituents is 2. The van der Waals surface area contributed by atoms with Crippen LogP contribution in [0.15, 0.2) is 54.6 Å². The first-order valence-electron chi connectivity index (χ1n) is 8.50. The minimum absolute atomic E-state index is 0.108. The highest BCUT2D eigenvalue weighted by Gasteiger charge is 2.23. The molecule has 0 heterocycles. The second kappa shape index (κ2) is 7.92. The predicted octanol–water partition coefficient (Wildman–Crippen LogP) is 4.37. The van der Waals surface area contributed by atoms with Gasteiger partial charge in [0.25, 0.3) is 0 Å². The number of phenols is 2. The molecule has 0 bridgehead atoms. The first-order chi connectivity index (χ1) is 13.4. The molecule has 0 radical (unpaired) electrons. The van der Waals surface area contributed by atoms with Crippen molar-refractivity contribution < 1.29 is 29.2 Å². The lowest BCUT2D eigenvalue weighted by Crippen LogP contribution is -2.04. The van der Waals surface area contributed by atoms with E-state index in [1.54, 1.807) is 62.8 Å². The molecule has 0 unspecified atom stereocenters. The summed E-state index contributed by atoms with van der Waals surface area (Å²) in [4.78, 5) is 11.6. The Morgan fingerprint density at radius 3 is 1.79 bits per heavy atom. The molecule has 0 aliphatic heterocycles. The van der Waals surface area contributed by atoms with Crippen molar-refractivity contribution in [1.82, 2.24) is 0 Å². The van der Waals surface area contributed by atoms with E-state index in [4.69, 9.17) is 14.2 Å². The topological polar surface area (TPSA) is 85.2 Å². The minimum Gasteiger partial charge on any atom is -0.507 e. The van der Waals surface area contributed by atoms with Crippen LogP contribution in [0.1, 0.15) is 6.92 Å². The average molecular weight is 380 g/mol. The number of hydrogen-bond donors (Lipinski definition) is 2. The van der Waals surface area contributed by atoms with Gasteiger partial charge in [0.2, 0.25) is 0 Å². The molecule has 144 valence electrons. The predicted molar refractivity (Wildman–Crippen MR) is 105 cm³/mol. The zero-order valence-corrected chi connectivity index (χ0v) is 15.7. The number of carbonyl (C=O) groups is 1. The van der Waals surface area contributed by atoms with Crippen molar-refractivity contribution >= 4 is 5.97 Å². The van der Waals surface area contributed by atoms with Crippen molar-refractivity contribution in [1.29, 1.82) is 0 Å². The Morgan fingerprint density at radius 2 is 1.32 bits per heavy atom. The monoisotopic (exact) mass is 380 g/mol. The third-order valence-corrected chi connectivity index (χ3v) is 4.26. The van der Waals surface area contributed by atoms with Gasteiger partial charge in [0.15, 0.2) is 11.5 Å². The number of rotatable bonds is 5. The number of benzene rings is 3. The van der Waals surface area contributed by atoms with Gasteiger partial charge in [-0.2, -0.15) is 0 Å². The highest BCUT2D eigenvalue weighted by atomic mass is 16.5. The van der Waals surface area contributed by atoms with E-state index in [1.165, 1.54) is 13.0 Å². The van der Waals surface area contributed by atoms with Crippen molar-refractivity contribution in [3.63, 3.8) is 0 Å². The van der Waals surface area contributed by atoms with Gasteiger partial charge >= 0.3 is 5.97 Å². The Kier molecular flexibility index (Phi) is 5.40. The summed E-state index contributed by atoms with van der Waals surface area (Å²) in [7, 11) is 3.10. The van der Waals surface area contributed by atoms with Gasteiger partial charge in [0, 0.05) is 12.5 Å². The molecule has 0 saturated carbocycles. The van der Waals surface area contributed by atoms with Crippen molar-refractivity contribution in [3.8, 4) is 51.0 Å². The summed E-state index contributed by atoms with van der Waals surface area (Å²) in [5, 5.41) is 21.5. The molecule has 0 aromatic heterocycles. The standard InChI is InChI=1S/C22H20O6/c1-13(23)28-22-20(15-6-10-17(27-3)11-7-15)19(24)12-18(21(22)25)14-4-8-16(26-2)9-5-14/h4-12,24-25H,1-3H3. The summed E-state index contributed by atoms with van der Waals surface area (Å²) in [6.45, 7) is 1.23. The Balaban J connectivity index is 2.19. The highest BCUT2D eigenvalue weighted by molar-refractivity contribution is 5.89. The summed E-state index contributed by atoms with van der Waals surface area (Å²) < 4.78 is 15.6. The molecule has 28 heavy (non-hydrogen) atoms. The van der Waals surface area contributed by atoms with Crippen LogP contribution >= 0.6 is 0 Å². The second-order valence-corrected chi connectivity index (χ2v) is 6.05. The van der Waals surface area contributed by atoms with Crippen LogP contribution in [0.3, 0.4) is 0 Å². The fourth-order valence-electron chi connectivity index (χ4n) is 2.90. The molecule has 3 rings (SSSR count). The molecular weight excluding hydrogens is 360 g/mol. The van der Waals surface area contributed by atoms with Gasteiger partial charge < -0.3 is 24.4 Å². The number of hydrogen-bond acceptors (Lipinski definition) is 6. The molecule has 0 fully saturated rings. The highest BCUT2D eigenvalue weighted by Crippen LogP contribution is 2.49. The van der Waals surface area contributed by atoms with Crippen LogP contribution in [-0.2, 0) is 4.79 Å². The maximum Gasteiger partial charge on any atom is 0.308 e. The van der Waals surface area contributed by atoms with Gasteiger partial charge in [-0.15, -0.1) is 0 Å². The lowest BCUT2D eigenvalue weighted by atomic mass is 9.96. The summed E-state index contributed by atoms with van der Waals surface area (Å²) in [5.41, 5.74) is 1.73.